The molecule has 0 spiro atoms. The number of benzene rings is 7. The Balaban J connectivity index is 1.52. The van der Waals surface area contributed by atoms with Gasteiger partial charge in [-0.05, 0) is 96.3 Å². The van der Waals surface area contributed by atoms with E-state index in [4.69, 9.17) is 0 Å². The van der Waals surface area contributed by atoms with Crippen LogP contribution in [0.15, 0.2) is 158 Å². The molecule has 0 heterocycles. The average Bonchev–Trinajstić information content (AvgIpc) is 3.14. The molecule has 0 fully saturated rings. The fraction of sp³-hybridized carbons (Fsp3) is 0.231. The lowest BCUT2D eigenvalue weighted by Crippen LogP contribution is -2.16. The number of hydrogen-bond donors (Lipinski definition) is 0. The van der Waals surface area contributed by atoms with E-state index in [1.807, 2.05) is 0 Å². The van der Waals surface area contributed by atoms with E-state index in [0.29, 0.717) is 0 Å². The Morgan fingerprint density at radius 3 is 1.45 bits per heavy atom. The van der Waals surface area contributed by atoms with Gasteiger partial charge in [-0.3, -0.25) is 0 Å². The molecule has 1 heteroatoms. The van der Waals surface area contributed by atoms with Crippen LogP contribution >= 0.6 is 0 Å². The molecule has 1 nitrogen and oxygen atoms in total. The molecule has 0 aliphatic rings. The number of hydrogen-bond acceptors (Lipinski definition) is 1. The van der Waals surface area contributed by atoms with E-state index in [2.05, 4.69) is 225 Å². The predicted octanol–water partition coefficient (Wildman–Crippen LogP) is 15.2. The van der Waals surface area contributed by atoms with Gasteiger partial charge in [0.2, 0.25) is 0 Å². The van der Waals surface area contributed by atoms with Crippen molar-refractivity contribution in [1.82, 2.24) is 0 Å². The van der Waals surface area contributed by atoms with Gasteiger partial charge in [0.1, 0.15) is 0 Å². The number of nitrogens with zero attached hydrogens (tertiary/aromatic N) is 1. The summed E-state index contributed by atoms with van der Waals surface area (Å²) in [5.41, 5.74) is 14.8. The van der Waals surface area contributed by atoms with Crippen LogP contribution in [0.1, 0.15) is 79.0 Å². The standard InChI is InChI=1S/C52H53N/c1-50(2,3)39-30-31-48(46(35-39)36-20-12-10-13-21-36)53(42-24-14-11-15-25-42)47-29-17-16-26-44(47)45-28-19-23-37-22-18-27-43(49(37)45)38-32-40(51(4,5)6)34-41(33-38)52(7,8)9/h10-35H,1-9H3. The number of para-hydroxylation sites is 2. The smallest absolute Gasteiger partial charge is 0.0540 e. The summed E-state index contributed by atoms with van der Waals surface area (Å²) in [6.07, 6.45) is 0. The molecule has 0 N–H and O–H groups in total. The Morgan fingerprint density at radius 2 is 0.849 bits per heavy atom. The van der Waals surface area contributed by atoms with Gasteiger partial charge in [-0.15, -0.1) is 0 Å². The van der Waals surface area contributed by atoms with Gasteiger partial charge < -0.3 is 4.90 Å². The van der Waals surface area contributed by atoms with Crippen LogP contribution in [0, 0.1) is 0 Å². The van der Waals surface area contributed by atoms with Crippen LogP contribution in [0.3, 0.4) is 0 Å². The van der Waals surface area contributed by atoms with Crippen LogP contribution < -0.4 is 4.90 Å². The molecule has 7 rings (SSSR count). The van der Waals surface area contributed by atoms with Crippen molar-refractivity contribution in [3.05, 3.63) is 174 Å². The van der Waals surface area contributed by atoms with E-state index >= 15 is 0 Å². The van der Waals surface area contributed by atoms with Gasteiger partial charge >= 0.3 is 0 Å². The fourth-order valence-electron chi connectivity index (χ4n) is 7.38. The van der Waals surface area contributed by atoms with Gasteiger partial charge in [0, 0.05) is 16.8 Å². The molecule has 0 aliphatic heterocycles. The molecule has 7 aromatic rings. The molecule has 0 aromatic heterocycles. The largest absolute Gasteiger partial charge is 0.309 e. The van der Waals surface area contributed by atoms with E-state index < -0.39 is 0 Å². The molecule has 0 saturated heterocycles. The van der Waals surface area contributed by atoms with Crippen LogP contribution in [0.25, 0.3) is 44.2 Å². The van der Waals surface area contributed by atoms with Gasteiger partial charge in [0.05, 0.1) is 11.4 Å². The fourth-order valence-corrected chi connectivity index (χ4v) is 7.38. The number of rotatable bonds is 6. The quantitative estimate of drug-likeness (QED) is 0.168. The topological polar surface area (TPSA) is 3.24 Å². The normalized spacial score (nSPS) is 12.2. The lowest BCUT2D eigenvalue weighted by Gasteiger charge is -2.31. The molecule has 0 unspecified atom stereocenters. The maximum atomic E-state index is 2.46. The van der Waals surface area contributed by atoms with Crippen LogP contribution in [-0.4, -0.2) is 0 Å². The van der Waals surface area contributed by atoms with Crippen LogP contribution in [0.2, 0.25) is 0 Å². The Morgan fingerprint density at radius 1 is 0.340 bits per heavy atom. The highest BCUT2D eigenvalue weighted by Crippen LogP contribution is 2.48. The third kappa shape index (κ3) is 7.31. The molecule has 0 saturated carbocycles. The summed E-state index contributed by atoms with van der Waals surface area (Å²) in [7, 11) is 0. The number of anilines is 3. The minimum absolute atomic E-state index is 0.00798. The van der Waals surface area contributed by atoms with E-state index in [0.717, 1.165) is 17.1 Å². The van der Waals surface area contributed by atoms with Gasteiger partial charge in [-0.25, -0.2) is 0 Å². The Hall–Kier alpha value is -5.40. The summed E-state index contributed by atoms with van der Waals surface area (Å²) in [4.78, 5) is 2.46. The summed E-state index contributed by atoms with van der Waals surface area (Å²) >= 11 is 0. The summed E-state index contributed by atoms with van der Waals surface area (Å²) in [6.45, 7) is 20.8. The first kappa shape index (κ1) is 36.0. The Labute approximate surface area is 318 Å². The van der Waals surface area contributed by atoms with E-state index in [-0.39, 0.29) is 16.2 Å². The first-order valence-electron chi connectivity index (χ1n) is 19.0. The Bertz CT molecular complexity index is 2340. The van der Waals surface area contributed by atoms with Gasteiger partial charge in [-0.1, -0.05) is 190 Å². The monoisotopic (exact) mass is 691 g/mol. The lowest BCUT2D eigenvalue weighted by atomic mass is 9.78. The molecular weight excluding hydrogens is 639 g/mol. The third-order valence-corrected chi connectivity index (χ3v) is 10.5. The Kier molecular flexibility index (Phi) is 9.41. The molecular formula is C52H53N. The molecule has 266 valence electrons. The first-order chi connectivity index (χ1) is 25.2. The van der Waals surface area contributed by atoms with Crippen molar-refractivity contribution >= 4 is 27.8 Å². The molecule has 0 bridgehead atoms. The molecule has 0 aliphatic carbocycles. The molecule has 0 amide bonds. The average molecular weight is 692 g/mol. The van der Waals surface area contributed by atoms with Crippen LogP contribution in [0.5, 0.6) is 0 Å². The minimum atomic E-state index is 0.00798. The van der Waals surface area contributed by atoms with E-state index in [9.17, 15) is 0 Å². The van der Waals surface area contributed by atoms with Crippen molar-refractivity contribution in [2.45, 2.75) is 78.6 Å². The second kappa shape index (κ2) is 13.9. The second-order valence-electron chi connectivity index (χ2n) is 17.5. The van der Waals surface area contributed by atoms with Crippen LogP contribution in [-0.2, 0) is 16.2 Å². The van der Waals surface area contributed by atoms with Gasteiger partial charge in [0.25, 0.3) is 0 Å². The van der Waals surface area contributed by atoms with Crippen molar-refractivity contribution in [3.8, 4) is 33.4 Å². The zero-order valence-corrected chi connectivity index (χ0v) is 33.0. The van der Waals surface area contributed by atoms with Gasteiger partial charge in [-0.2, -0.15) is 0 Å². The number of fused-ring (bicyclic) bond motifs is 1. The highest BCUT2D eigenvalue weighted by atomic mass is 15.1. The summed E-state index contributed by atoms with van der Waals surface area (Å²) in [5, 5.41) is 2.51. The summed E-state index contributed by atoms with van der Waals surface area (Å²) in [5.74, 6) is 0. The highest BCUT2D eigenvalue weighted by molar-refractivity contribution is 6.09. The third-order valence-electron chi connectivity index (χ3n) is 10.5. The van der Waals surface area contributed by atoms with Crippen molar-refractivity contribution in [3.63, 3.8) is 0 Å². The molecule has 0 radical (unpaired) electrons. The highest BCUT2D eigenvalue weighted by Gasteiger charge is 2.25. The SMILES string of the molecule is CC(C)(C)c1cc(-c2cccc3cccc(-c4ccccc4N(c4ccccc4)c4ccc(C(C)(C)C)cc4-c4ccccc4)c23)cc(C(C)(C)C)c1. The second-order valence-corrected chi connectivity index (χ2v) is 17.5. The van der Waals surface area contributed by atoms with Crippen molar-refractivity contribution in [2.75, 3.05) is 4.90 Å². The van der Waals surface area contributed by atoms with Crippen molar-refractivity contribution in [2.24, 2.45) is 0 Å². The predicted molar refractivity (Wildman–Crippen MR) is 231 cm³/mol. The molecule has 0 atom stereocenters. The first-order valence-corrected chi connectivity index (χ1v) is 19.0. The minimum Gasteiger partial charge on any atom is -0.309 e. The lowest BCUT2D eigenvalue weighted by molar-refractivity contribution is 0.569. The van der Waals surface area contributed by atoms with Crippen LogP contribution in [0.4, 0.5) is 17.1 Å². The maximum absolute atomic E-state index is 2.46. The van der Waals surface area contributed by atoms with Gasteiger partial charge in [0.15, 0.2) is 0 Å². The summed E-state index contributed by atoms with van der Waals surface area (Å²) < 4.78 is 0. The summed E-state index contributed by atoms with van der Waals surface area (Å²) in [6, 6.07) is 58.5. The molecule has 53 heavy (non-hydrogen) atoms. The van der Waals surface area contributed by atoms with E-state index in [1.165, 1.54) is 60.8 Å². The maximum Gasteiger partial charge on any atom is 0.0540 e. The zero-order valence-electron chi connectivity index (χ0n) is 33.0. The molecule has 7 aromatic carbocycles. The van der Waals surface area contributed by atoms with E-state index in [1.54, 1.807) is 0 Å². The van der Waals surface area contributed by atoms with Crippen molar-refractivity contribution < 1.29 is 0 Å². The zero-order chi connectivity index (χ0) is 37.5. The van der Waals surface area contributed by atoms with Crippen molar-refractivity contribution in [1.29, 1.82) is 0 Å².